The molecule has 0 saturated carbocycles. The topological polar surface area (TPSA) is 48.7 Å². The Morgan fingerprint density at radius 2 is 1.59 bits per heavy atom. The first-order valence-corrected chi connectivity index (χ1v) is 11.6. The van der Waals surface area contributed by atoms with Gasteiger partial charge in [0.15, 0.2) is 11.5 Å². The van der Waals surface area contributed by atoms with Crippen molar-refractivity contribution in [3.63, 3.8) is 0 Å². The lowest BCUT2D eigenvalue weighted by atomic mass is 9.69. The predicted octanol–water partition coefficient (Wildman–Crippen LogP) is 4.72. The molecule has 0 unspecified atom stereocenters. The molecule has 0 amide bonds. The van der Waals surface area contributed by atoms with E-state index in [1.54, 1.807) is 14.2 Å². The van der Waals surface area contributed by atoms with Crippen molar-refractivity contribution in [3.8, 4) is 17.6 Å². The van der Waals surface area contributed by atoms with Gasteiger partial charge in [0, 0.05) is 32.7 Å². The Kier molecular flexibility index (Phi) is 8.55. The first-order valence-electron chi connectivity index (χ1n) is 11.6. The van der Waals surface area contributed by atoms with E-state index >= 15 is 0 Å². The number of nitriles is 1. The number of hydrogen-bond acceptors (Lipinski definition) is 5. The summed E-state index contributed by atoms with van der Waals surface area (Å²) in [5, 5.41) is 10.3. The van der Waals surface area contributed by atoms with Crippen molar-refractivity contribution in [1.82, 2.24) is 9.80 Å². The predicted molar refractivity (Wildman–Crippen MR) is 129 cm³/mol. The van der Waals surface area contributed by atoms with Crippen LogP contribution in [0.25, 0.3) is 0 Å². The van der Waals surface area contributed by atoms with Crippen LogP contribution in [0.2, 0.25) is 0 Å². The van der Waals surface area contributed by atoms with Crippen molar-refractivity contribution in [2.75, 3.05) is 46.9 Å². The molecule has 0 aliphatic carbocycles. The lowest BCUT2D eigenvalue weighted by Gasteiger charge is -2.36. The van der Waals surface area contributed by atoms with Crippen LogP contribution in [0.4, 0.5) is 0 Å². The van der Waals surface area contributed by atoms with E-state index in [-0.39, 0.29) is 5.92 Å². The van der Waals surface area contributed by atoms with Gasteiger partial charge in [-0.15, -0.1) is 0 Å². The van der Waals surface area contributed by atoms with Crippen molar-refractivity contribution >= 4 is 0 Å². The Hall–Kier alpha value is -2.55. The maximum absolute atomic E-state index is 10.3. The van der Waals surface area contributed by atoms with E-state index in [0.717, 1.165) is 57.7 Å². The molecule has 0 N–H and O–H groups in total. The monoisotopic (exact) mass is 435 g/mol. The highest BCUT2D eigenvalue weighted by Crippen LogP contribution is 2.40. The van der Waals surface area contributed by atoms with E-state index in [1.165, 1.54) is 5.56 Å². The lowest BCUT2D eigenvalue weighted by molar-refractivity contribution is 0.123. The summed E-state index contributed by atoms with van der Waals surface area (Å²) in [5.41, 5.74) is 1.86. The van der Waals surface area contributed by atoms with E-state index < -0.39 is 5.41 Å². The zero-order valence-electron chi connectivity index (χ0n) is 20.0. The number of piperazine rings is 1. The van der Waals surface area contributed by atoms with Crippen molar-refractivity contribution in [2.45, 2.75) is 38.6 Å². The molecule has 1 aliphatic rings. The summed E-state index contributed by atoms with van der Waals surface area (Å²) in [6.45, 7) is 10.7. The van der Waals surface area contributed by atoms with Gasteiger partial charge < -0.3 is 14.4 Å². The van der Waals surface area contributed by atoms with Gasteiger partial charge in [-0.1, -0.05) is 50.2 Å². The molecule has 5 nitrogen and oxygen atoms in total. The molecule has 1 saturated heterocycles. The zero-order chi connectivity index (χ0) is 23.0. The molecule has 172 valence electrons. The van der Waals surface area contributed by atoms with Gasteiger partial charge >= 0.3 is 0 Å². The van der Waals surface area contributed by atoms with Crippen LogP contribution in [0.15, 0.2) is 48.5 Å². The number of hydrogen-bond donors (Lipinski definition) is 0. The van der Waals surface area contributed by atoms with E-state index in [2.05, 4.69) is 60.0 Å². The van der Waals surface area contributed by atoms with Gasteiger partial charge in [0.05, 0.1) is 25.7 Å². The fraction of sp³-hybridized carbons (Fsp3) is 0.519. The number of ether oxygens (including phenoxy) is 2. The molecule has 0 spiro atoms. The Morgan fingerprint density at radius 3 is 2.19 bits per heavy atom. The van der Waals surface area contributed by atoms with Crippen molar-refractivity contribution in [2.24, 2.45) is 5.92 Å². The molecule has 5 heteroatoms. The Balaban J connectivity index is 1.57. The lowest BCUT2D eigenvalue weighted by Crippen LogP contribution is -2.46. The van der Waals surface area contributed by atoms with Gasteiger partial charge in [-0.2, -0.15) is 5.26 Å². The number of rotatable bonds is 10. The minimum atomic E-state index is -0.533. The van der Waals surface area contributed by atoms with Crippen LogP contribution in [-0.4, -0.2) is 56.7 Å². The van der Waals surface area contributed by atoms with Crippen LogP contribution >= 0.6 is 0 Å². The summed E-state index contributed by atoms with van der Waals surface area (Å²) >= 11 is 0. The summed E-state index contributed by atoms with van der Waals surface area (Å²) in [4.78, 5) is 5.07. The largest absolute Gasteiger partial charge is 0.493 e. The van der Waals surface area contributed by atoms with Gasteiger partial charge in [-0.3, -0.25) is 4.90 Å². The summed E-state index contributed by atoms with van der Waals surface area (Å²) < 4.78 is 10.9. The van der Waals surface area contributed by atoms with Gasteiger partial charge in [0.2, 0.25) is 0 Å². The maximum atomic E-state index is 10.3. The van der Waals surface area contributed by atoms with E-state index in [0.29, 0.717) is 11.5 Å². The summed E-state index contributed by atoms with van der Waals surface area (Å²) in [6, 6.07) is 19.3. The zero-order valence-corrected chi connectivity index (χ0v) is 20.0. The molecule has 0 aromatic heterocycles. The highest BCUT2D eigenvalue weighted by atomic mass is 16.5. The van der Waals surface area contributed by atoms with Crippen LogP contribution in [-0.2, 0) is 12.0 Å². The fourth-order valence-electron chi connectivity index (χ4n) is 4.72. The first kappa shape index (κ1) is 24.1. The van der Waals surface area contributed by atoms with Gasteiger partial charge in [0.1, 0.15) is 0 Å². The number of methoxy groups -OCH3 is 2. The Labute approximate surface area is 193 Å². The van der Waals surface area contributed by atoms with Crippen LogP contribution in [0, 0.1) is 17.2 Å². The highest BCUT2D eigenvalue weighted by molar-refractivity contribution is 5.47. The second-order valence-corrected chi connectivity index (χ2v) is 9.01. The van der Waals surface area contributed by atoms with Gasteiger partial charge in [-0.05, 0) is 48.6 Å². The average Bonchev–Trinajstić information content (AvgIpc) is 2.83. The smallest absolute Gasteiger partial charge is 0.161 e. The molecular formula is C27H37N3O2. The Bertz CT molecular complexity index is 886. The molecule has 0 bridgehead atoms. The average molecular weight is 436 g/mol. The number of benzene rings is 2. The Morgan fingerprint density at radius 1 is 0.938 bits per heavy atom. The third kappa shape index (κ3) is 5.62. The molecule has 32 heavy (non-hydrogen) atoms. The molecule has 1 heterocycles. The van der Waals surface area contributed by atoms with Gasteiger partial charge in [0.25, 0.3) is 0 Å². The maximum Gasteiger partial charge on any atom is 0.161 e. The third-order valence-electron chi connectivity index (χ3n) is 6.84. The second-order valence-electron chi connectivity index (χ2n) is 9.01. The molecule has 1 fully saturated rings. The van der Waals surface area contributed by atoms with E-state index in [9.17, 15) is 5.26 Å². The molecule has 1 aliphatic heterocycles. The quantitative estimate of drug-likeness (QED) is 0.540. The second kappa shape index (κ2) is 11.4. The highest BCUT2D eigenvalue weighted by Gasteiger charge is 2.36. The van der Waals surface area contributed by atoms with E-state index in [4.69, 9.17) is 9.47 Å². The van der Waals surface area contributed by atoms with Crippen LogP contribution < -0.4 is 9.47 Å². The molecular weight excluding hydrogens is 398 g/mol. The molecule has 0 radical (unpaired) electrons. The van der Waals surface area contributed by atoms with Crippen LogP contribution in [0.1, 0.15) is 37.8 Å². The number of nitrogens with zero attached hydrogens (tertiary/aromatic N) is 3. The first-order chi connectivity index (χ1) is 15.5. The molecule has 3 rings (SSSR count). The van der Waals surface area contributed by atoms with Crippen LogP contribution in [0.3, 0.4) is 0 Å². The fourth-order valence-corrected chi connectivity index (χ4v) is 4.72. The van der Waals surface area contributed by atoms with Gasteiger partial charge in [-0.25, -0.2) is 0 Å². The molecule has 2 aromatic carbocycles. The van der Waals surface area contributed by atoms with Crippen molar-refractivity contribution in [1.29, 1.82) is 5.26 Å². The third-order valence-corrected chi connectivity index (χ3v) is 6.84. The SMILES string of the molecule is COc1ccc([C@@](C#N)(CCCN2CCN(Cc3ccccc3)CC2)C(C)C)cc1OC. The molecule has 2 aromatic rings. The summed E-state index contributed by atoms with van der Waals surface area (Å²) in [6.07, 6.45) is 1.83. The van der Waals surface area contributed by atoms with Crippen molar-refractivity contribution in [3.05, 3.63) is 59.7 Å². The minimum Gasteiger partial charge on any atom is -0.493 e. The minimum absolute atomic E-state index is 0.202. The normalized spacial score (nSPS) is 17.0. The summed E-state index contributed by atoms with van der Waals surface area (Å²) in [7, 11) is 3.28. The van der Waals surface area contributed by atoms with Crippen molar-refractivity contribution < 1.29 is 9.47 Å². The molecule has 1 atom stereocenters. The summed E-state index contributed by atoms with van der Waals surface area (Å²) in [5.74, 6) is 1.58. The van der Waals surface area contributed by atoms with E-state index in [1.807, 2.05) is 18.2 Å². The van der Waals surface area contributed by atoms with Crippen LogP contribution in [0.5, 0.6) is 11.5 Å². The standard InChI is InChI=1S/C27H37N3O2/c1-22(2)27(21-28,24-11-12-25(31-3)26(19-24)32-4)13-8-14-29-15-17-30(18-16-29)20-23-9-6-5-7-10-23/h5-7,9-12,19,22H,8,13-18,20H2,1-4H3/t27-/m1/s1.